The molecule has 0 saturated carbocycles. The third kappa shape index (κ3) is 4.42. The van der Waals surface area contributed by atoms with E-state index in [9.17, 15) is 17.6 Å². The molecule has 0 atom stereocenters. The maximum atomic E-state index is 12.9. The molecule has 5 nitrogen and oxygen atoms in total. The quantitative estimate of drug-likeness (QED) is 0.649. The van der Waals surface area contributed by atoms with Crippen LogP contribution in [-0.2, 0) is 19.4 Å². The average Bonchev–Trinajstić information content (AvgIpc) is 3.03. The monoisotopic (exact) mass is 365 g/mol. The minimum Gasteiger partial charge on any atom is -0.282 e. The summed E-state index contributed by atoms with van der Waals surface area (Å²) in [5.41, 5.74) is 0.702. The molecule has 136 valence electrons. The van der Waals surface area contributed by atoms with Gasteiger partial charge in [0, 0.05) is 12.1 Å². The van der Waals surface area contributed by atoms with E-state index in [1.54, 1.807) is 19.2 Å². The van der Waals surface area contributed by atoms with E-state index in [0.29, 0.717) is 24.6 Å². The van der Waals surface area contributed by atoms with Crippen molar-refractivity contribution in [3.63, 3.8) is 0 Å². The molecule has 0 N–H and O–H groups in total. The molecule has 26 heavy (non-hydrogen) atoms. The number of rotatable bonds is 5. The van der Waals surface area contributed by atoms with E-state index in [0.717, 1.165) is 17.7 Å². The van der Waals surface area contributed by atoms with Crippen LogP contribution < -0.4 is 0 Å². The first-order valence-corrected chi connectivity index (χ1v) is 7.70. The summed E-state index contributed by atoms with van der Waals surface area (Å²) >= 11 is 0. The van der Waals surface area contributed by atoms with E-state index in [2.05, 4.69) is 15.4 Å². The highest BCUT2D eigenvalue weighted by atomic mass is 19.4. The second-order valence-corrected chi connectivity index (χ2v) is 5.84. The molecule has 0 saturated heterocycles. The lowest BCUT2D eigenvalue weighted by atomic mass is 10.1. The van der Waals surface area contributed by atoms with Crippen molar-refractivity contribution < 1.29 is 17.6 Å². The van der Waals surface area contributed by atoms with Crippen molar-refractivity contribution in [1.82, 2.24) is 25.1 Å². The largest absolute Gasteiger partial charge is 0.416 e. The fourth-order valence-electron chi connectivity index (χ4n) is 2.39. The first kappa shape index (κ1) is 18.0. The Morgan fingerprint density at radius 3 is 2.27 bits per heavy atom. The van der Waals surface area contributed by atoms with Gasteiger partial charge in [-0.1, -0.05) is 12.1 Å². The van der Waals surface area contributed by atoms with Crippen LogP contribution in [-0.4, -0.2) is 32.2 Å². The van der Waals surface area contributed by atoms with Crippen molar-refractivity contribution >= 4 is 0 Å². The molecule has 2 aromatic carbocycles. The number of aromatic nitrogens is 4. The molecule has 3 aromatic rings. The minimum absolute atomic E-state index is 0.301. The summed E-state index contributed by atoms with van der Waals surface area (Å²) < 4.78 is 50.7. The van der Waals surface area contributed by atoms with E-state index in [-0.39, 0.29) is 5.82 Å². The molecule has 0 aliphatic heterocycles. The van der Waals surface area contributed by atoms with Crippen LogP contribution in [0, 0.1) is 5.82 Å². The second-order valence-electron chi connectivity index (χ2n) is 5.84. The van der Waals surface area contributed by atoms with Crippen LogP contribution in [0.3, 0.4) is 0 Å². The number of halogens is 4. The molecule has 0 aliphatic carbocycles. The summed E-state index contributed by atoms with van der Waals surface area (Å²) in [5.74, 6) is 0.0188. The maximum Gasteiger partial charge on any atom is 0.416 e. The van der Waals surface area contributed by atoms with Gasteiger partial charge in [-0.05, 0) is 54.2 Å². The van der Waals surface area contributed by atoms with Gasteiger partial charge in [-0.15, -0.1) is 15.0 Å². The lowest BCUT2D eigenvalue weighted by molar-refractivity contribution is -0.137. The maximum absolute atomic E-state index is 12.9. The summed E-state index contributed by atoms with van der Waals surface area (Å²) in [6, 6.07) is 10.7. The Hall–Kier alpha value is -2.81. The van der Waals surface area contributed by atoms with Gasteiger partial charge < -0.3 is 0 Å². The standard InChI is InChI=1S/C17H15F4N5/c1-25(10-12-2-6-14(7-3-12)17(19,20)21)11-26-23-16(22-24-26)13-4-8-15(18)9-5-13/h2-9H,10-11H2,1H3. The second kappa shape index (κ2) is 7.20. The SMILES string of the molecule is CN(Cc1ccc(C(F)(F)F)cc1)Cn1nnc(-c2ccc(F)cc2)n1. The molecular weight excluding hydrogens is 350 g/mol. The number of hydrogen-bond acceptors (Lipinski definition) is 4. The summed E-state index contributed by atoms with van der Waals surface area (Å²) in [6.07, 6.45) is -4.34. The number of nitrogens with zero attached hydrogens (tertiary/aromatic N) is 5. The van der Waals surface area contributed by atoms with Crippen molar-refractivity contribution in [3.8, 4) is 11.4 Å². The van der Waals surface area contributed by atoms with Gasteiger partial charge in [-0.2, -0.15) is 13.2 Å². The zero-order valence-electron chi connectivity index (χ0n) is 13.8. The van der Waals surface area contributed by atoms with Crippen LogP contribution >= 0.6 is 0 Å². The lowest BCUT2D eigenvalue weighted by Gasteiger charge is -2.16. The van der Waals surface area contributed by atoms with E-state index < -0.39 is 11.7 Å². The number of tetrazole rings is 1. The van der Waals surface area contributed by atoms with Crippen LogP contribution in [0.15, 0.2) is 48.5 Å². The Labute approximate surface area is 146 Å². The van der Waals surface area contributed by atoms with Gasteiger partial charge in [0.15, 0.2) is 0 Å². The van der Waals surface area contributed by atoms with Crippen molar-refractivity contribution in [2.75, 3.05) is 7.05 Å². The molecule has 3 rings (SSSR count). The summed E-state index contributed by atoms with van der Waals surface area (Å²) in [6.45, 7) is 0.723. The highest BCUT2D eigenvalue weighted by Crippen LogP contribution is 2.29. The van der Waals surface area contributed by atoms with Crippen molar-refractivity contribution in [2.45, 2.75) is 19.4 Å². The predicted octanol–water partition coefficient (Wildman–Crippen LogP) is 3.59. The Kier molecular flexibility index (Phi) is 4.99. The van der Waals surface area contributed by atoms with Crippen LogP contribution in [0.2, 0.25) is 0 Å². The molecule has 0 unspecified atom stereocenters. The fourth-order valence-corrected chi connectivity index (χ4v) is 2.39. The molecule has 0 aliphatic rings. The first-order valence-electron chi connectivity index (χ1n) is 7.70. The van der Waals surface area contributed by atoms with Gasteiger partial charge >= 0.3 is 6.18 Å². The molecule has 0 amide bonds. The summed E-state index contributed by atoms with van der Waals surface area (Å²) in [4.78, 5) is 3.20. The third-order valence-corrected chi connectivity index (χ3v) is 3.66. The summed E-state index contributed by atoms with van der Waals surface area (Å²) in [5, 5.41) is 12.1. The molecule has 9 heteroatoms. The minimum atomic E-state index is -4.34. The van der Waals surface area contributed by atoms with Gasteiger partial charge in [0.2, 0.25) is 5.82 Å². The third-order valence-electron chi connectivity index (χ3n) is 3.66. The molecule has 0 spiro atoms. The topological polar surface area (TPSA) is 46.8 Å². The fraction of sp³-hybridized carbons (Fsp3) is 0.235. The summed E-state index contributed by atoms with van der Waals surface area (Å²) in [7, 11) is 1.79. The van der Waals surface area contributed by atoms with Crippen LogP contribution in [0.5, 0.6) is 0 Å². The zero-order chi connectivity index (χ0) is 18.7. The van der Waals surface area contributed by atoms with Gasteiger partial charge in [-0.25, -0.2) is 4.39 Å². The van der Waals surface area contributed by atoms with Gasteiger partial charge in [0.25, 0.3) is 0 Å². The Morgan fingerprint density at radius 1 is 1.00 bits per heavy atom. The van der Waals surface area contributed by atoms with Crippen LogP contribution in [0.1, 0.15) is 11.1 Å². The van der Waals surface area contributed by atoms with E-state index >= 15 is 0 Å². The smallest absolute Gasteiger partial charge is 0.282 e. The Morgan fingerprint density at radius 2 is 1.65 bits per heavy atom. The van der Waals surface area contributed by atoms with Crippen LogP contribution in [0.4, 0.5) is 17.6 Å². The van der Waals surface area contributed by atoms with E-state index in [1.807, 2.05) is 4.90 Å². The number of hydrogen-bond donors (Lipinski definition) is 0. The van der Waals surface area contributed by atoms with Gasteiger partial charge in [0.05, 0.1) is 5.56 Å². The van der Waals surface area contributed by atoms with Crippen molar-refractivity contribution in [3.05, 3.63) is 65.5 Å². The molecule has 0 bridgehead atoms. The molecule has 0 radical (unpaired) electrons. The molecule has 0 fully saturated rings. The Balaban J connectivity index is 1.61. The number of alkyl halides is 3. The van der Waals surface area contributed by atoms with E-state index in [4.69, 9.17) is 0 Å². The zero-order valence-corrected chi connectivity index (χ0v) is 13.8. The van der Waals surface area contributed by atoms with Gasteiger partial charge in [-0.3, -0.25) is 4.90 Å². The molecular formula is C17H15F4N5. The predicted molar refractivity (Wildman–Crippen MR) is 86.1 cm³/mol. The van der Waals surface area contributed by atoms with Gasteiger partial charge in [0.1, 0.15) is 12.5 Å². The molecule has 1 heterocycles. The highest BCUT2D eigenvalue weighted by Gasteiger charge is 2.29. The van der Waals surface area contributed by atoms with Crippen LogP contribution in [0.25, 0.3) is 11.4 Å². The van der Waals surface area contributed by atoms with Crippen molar-refractivity contribution in [2.24, 2.45) is 0 Å². The highest BCUT2D eigenvalue weighted by molar-refractivity contribution is 5.53. The normalized spacial score (nSPS) is 11.9. The van der Waals surface area contributed by atoms with Crippen molar-refractivity contribution in [1.29, 1.82) is 0 Å². The Bertz CT molecular complexity index is 856. The van der Waals surface area contributed by atoms with E-state index in [1.165, 1.54) is 29.1 Å². The average molecular weight is 365 g/mol. The first-order chi connectivity index (χ1) is 12.3. The molecule has 1 aromatic heterocycles. The number of benzene rings is 2. The lowest BCUT2D eigenvalue weighted by Crippen LogP contribution is -2.23.